The largest absolute Gasteiger partial charge is 0.446 e. The molecule has 29 heavy (non-hydrogen) atoms. The molecule has 3 heterocycles. The molecule has 0 bridgehead atoms. The summed E-state index contributed by atoms with van der Waals surface area (Å²) in [4.78, 5) is 18.5. The Morgan fingerprint density at radius 1 is 1.24 bits per heavy atom. The SMILES string of the molecule is Cc1nc(-c2onc3c2CN(C(=O)Nc2cc(F)c(F)c(F)c2)C(C)C3)c(C)o1. The molecule has 0 aliphatic carbocycles. The topological polar surface area (TPSA) is 84.4 Å². The van der Waals surface area contributed by atoms with Crippen LogP contribution in [0.5, 0.6) is 0 Å². The number of rotatable bonds is 2. The van der Waals surface area contributed by atoms with Crippen molar-refractivity contribution < 1.29 is 26.9 Å². The van der Waals surface area contributed by atoms with Gasteiger partial charge in [0, 0.05) is 42.8 Å². The smallest absolute Gasteiger partial charge is 0.322 e. The van der Waals surface area contributed by atoms with E-state index < -0.39 is 23.5 Å². The lowest BCUT2D eigenvalue weighted by Crippen LogP contribution is -2.44. The molecule has 0 spiro atoms. The van der Waals surface area contributed by atoms with E-state index in [1.54, 1.807) is 13.8 Å². The predicted molar refractivity (Wildman–Crippen MR) is 95.5 cm³/mol. The zero-order valence-electron chi connectivity index (χ0n) is 15.8. The Hall–Kier alpha value is -3.30. The summed E-state index contributed by atoms with van der Waals surface area (Å²) in [6.45, 7) is 5.42. The van der Waals surface area contributed by atoms with Crippen LogP contribution in [0.1, 0.15) is 29.8 Å². The van der Waals surface area contributed by atoms with E-state index in [4.69, 9.17) is 8.94 Å². The van der Waals surface area contributed by atoms with Gasteiger partial charge >= 0.3 is 6.03 Å². The zero-order chi connectivity index (χ0) is 20.9. The molecule has 1 aromatic carbocycles. The van der Waals surface area contributed by atoms with Crippen molar-refractivity contribution in [1.29, 1.82) is 0 Å². The molecule has 1 unspecified atom stereocenters. The average Bonchev–Trinajstić information content (AvgIpc) is 3.20. The summed E-state index contributed by atoms with van der Waals surface area (Å²) < 4.78 is 50.9. The van der Waals surface area contributed by atoms with Gasteiger partial charge in [0.15, 0.2) is 34.8 Å². The minimum absolute atomic E-state index is 0.151. The first kappa shape index (κ1) is 19.0. The number of halogens is 3. The van der Waals surface area contributed by atoms with Gasteiger partial charge in [-0.15, -0.1) is 0 Å². The van der Waals surface area contributed by atoms with Crippen LogP contribution in [0.3, 0.4) is 0 Å². The van der Waals surface area contributed by atoms with Crippen molar-refractivity contribution in [2.24, 2.45) is 0 Å². The van der Waals surface area contributed by atoms with Crippen molar-refractivity contribution in [3.8, 4) is 11.5 Å². The summed E-state index contributed by atoms with van der Waals surface area (Å²) in [6.07, 6.45) is 0.425. The molecule has 1 aliphatic heterocycles. The van der Waals surface area contributed by atoms with E-state index in [1.165, 1.54) is 4.90 Å². The Bertz CT molecular complexity index is 1090. The van der Waals surface area contributed by atoms with Gasteiger partial charge in [0.1, 0.15) is 5.76 Å². The van der Waals surface area contributed by atoms with E-state index in [1.807, 2.05) is 6.92 Å². The third kappa shape index (κ3) is 3.34. The molecule has 1 N–H and O–H groups in total. The lowest BCUT2D eigenvalue weighted by Gasteiger charge is -2.32. The number of hydrogen-bond acceptors (Lipinski definition) is 5. The predicted octanol–water partition coefficient (Wildman–Crippen LogP) is 4.34. The van der Waals surface area contributed by atoms with Crippen molar-refractivity contribution in [1.82, 2.24) is 15.0 Å². The molecular weight excluding hydrogens is 389 g/mol. The first-order valence-electron chi connectivity index (χ1n) is 8.88. The molecule has 2 aromatic heterocycles. The van der Waals surface area contributed by atoms with E-state index in [0.29, 0.717) is 40.8 Å². The monoisotopic (exact) mass is 406 g/mol. The molecular formula is C19H17F3N4O3. The minimum Gasteiger partial charge on any atom is -0.446 e. The van der Waals surface area contributed by atoms with Gasteiger partial charge < -0.3 is 19.2 Å². The lowest BCUT2D eigenvalue weighted by molar-refractivity contribution is 0.182. The molecule has 0 fully saturated rings. The number of anilines is 1. The van der Waals surface area contributed by atoms with Gasteiger partial charge in [-0.25, -0.2) is 22.9 Å². The number of nitrogens with zero attached hydrogens (tertiary/aromatic N) is 3. The van der Waals surface area contributed by atoms with Crippen LogP contribution in [0.2, 0.25) is 0 Å². The molecule has 3 aromatic rings. The van der Waals surface area contributed by atoms with Gasteiger partial charge in [-0.3, -0.25) is 0 Å². The van der Waals surface area contributed by atoms with Crippen LogP contribution >= 0.6 is 0 Å². The summed E-state index contributed by atoms with van der Waals surface area (Å²) in [5.41, 5.74) is 1.72. The first-order valence-corrected chi connectivity index (χ1v) is 8.88. The highest BCUT2D eigenvalue weighted by molar-refractivity contribution is 5.89. The molecule has 1 aliphatic rings. The second kappa shape index (κ2) is 6.94. The van der Waals surface area contributed by atoms with Crippen LogP contribution in [-0.2, 0) is 13.0 Å². The third-order valence-electron chi connectivity index (χ3n) is 4.83. The first-order chi connectivity index (χ1) is 13.7. The molecule has 4 rings (SSSR count). The van der Waals surface area contributed by atoms with Crippen molar-refractivity contribution in [3.63, 3.8) is 0 Å². The Morgan fingerprint density at radius 3 is 2.55 bits per heavy atom. The van der Waals surface area contributed by atoms with Crippen LogP contribution < -0.4 is 5.32 Å². The van der Waals surface area contributed by atoms with Gasteiger partial charge in [0.05, 0.1) is 12.2 Å². The molecule has 7 nitrogen and oxygen atoms in total. The van der Waals surface area contributed by atoms with Gasteiger partial charge in [-0.05, 0) is 13.8 Å². The highest BCUT2D eigenvalue weighted by Crippen LogP contribution is 2.34. The van der Waals surface area contributed by atoms with Crippen LogP contribution in [-0.4, -0.2) is 27.1 Å². The van der Waals surface area contributed by atoms with Crippen molar-refractivity contribution in [2.75, 3.05) is 5.32 Å². The second-order valence-corrected chi connectivity index (χ2v) is 6.94. The number of aromatic nitrogens is 2. The van der Waals surface area contributed by atoms with Gasteiger partial charge in [-0.2, -0.15) is 0 Å². The number of urea groups is 1. The molecule has 1 atom stereocenters. The molecule has 0 radical (unpaired) electrons. The maximum Gasteiger partial charge on any atom is 0.322 e. The maximum absolute atomic E-state index is 13.4. The Morgan fingerprint density at radius 2 is 1.93 bits per heavy atom. The number of hydrogen-bond donors (Lipinski definition) is 1. The van der Waals surface area contributed by atoms with E-state index in [-0.39, 0.29) is 18.3 Å². The van der Waals surface area contributed by atoms with Crippen LogP contribution in [0.15, 0.2) is 21.1 Å². The van der Waals surface area contributed by atoms with E-state index in [2.05, 4.69) is 15.5 Å². The second-order valence-electron chi connectivity index (χ2n) is 6.94. The summed E-state index contributed by atoms with van der Waals surface area (Å²) in [7, 11) is 0. The number of amides is 2. The number of oxazole rings is 1. The fourth-order valence-corrected chi connectivity index (χ4v) is 3.40. The fourth-order valence-electron chi connectivity index (χ4n) is 3.40. The maximum atomic E-state index is 13.4. The molecule has 0 saturated heterocycles. The number of nitrogens with one attached hydrogen (secondary N) is 1. The van der Waals surface area contributed by atoms with E-state index in [9.17, 15) is 18.0 Å². The van der Waals surface area contributed by atoms with Crippen molar-refractivity contribution >= 4 is 11.7 Å². The van der Waals surface area contributed by atoms with Crippen molar-refractivity contribution in [3.05, 3.63) is 52.5 Å². The van der Waals surface area contributed by atoms with Gasteiger partial charge in [0.25, 0.3) is 0 Å². The number of fused-ring (bicyclic) bond motifs is 1. The fraction of sp³-hybridized carbons (Fsp3) is 0.316. The zero-order valence-corrected chi connectivity index (χ0v) is 15.8. The average molecular weight is 406 g/mol. The van der Waals surface area contributed by atoms with E-state index in [0.717, 1.165) is 12.1 Å². The van der Waals surface area contributed by atoms with E-state index >= 15 is 0 Å². The summed E-state index contributed by atoms with van der Waals surface area (Å²) in [6, 6.07) is 0.607. The minimum atomic E-state index is -1.59. The number of carbonyl (C=O) groups is 1. The molecule has 0 saturated carbocycles. The summed E-state index contributed by atoms with van der Waals surface area (Å²) in [5.74, 6) is -2.90. The summed E-state index contributed by atoms with van der Waals surface area (Å²) in [5, 5.41) is 6.49. The van der Waals surface area contributed by atoms with Gasteiger partial charge in [-0.1, -0.05) is 5.16 Å². The highest BCUT2D eigenvalue weighted by atomic mass is 19.2. The highest BCUT2D eigenvalue weighted by Gasteiger charge is 2.33. The molecule has 10 heteroatoms. The quantitative estimate of drug-likeness (QED) is 0.640. The Balaban J connectivity index is 1.61. The number of aryl methyl sites for hydroxylation is 2. The number of benzene rings is 1. The third-order valence-corrected chi connectivity index (χ3v) is 4.83. The standard InChI is InChI=1S/C19H17F3N4O3/c1-8-4-15-12(18(29-25-15)17-9(2)28-10(3)23-17)7-26(8)19(27)24-11-5-13(20)16(22)14(21)6-11/h5-6,8H,4,7H2,1-3H3,(H,24,27). The normalized spacial score (nSPS) is 16.1. The Labute approximate surface area is 163 Å². The van der Waals surface area contributed by atoms with Crippen LogP contribution in [0, 0.1) is 31.3 Å². The number of carbonyl (C=O) groups excluding carboxylic acids is 1. The van der Waals surface area contributed by atoms with Crippen molar-refractivity contribution in [2.45, 2.75) is 39.8 Å². The van der Waals surface area contributed by atoms with Gasteiger partial charge in [0.2, 0.25) is 0 Å². The molecule has 2 amide bonds. The Kier molecular flexibility index (Phi) is 4.56. The molecule has 152 valence electrons. The van der Waals surface area contributed by atoms with Crippen LogP contribution in [0.4, 0.5) is 23.7 Å². The summed E-state index contributed by atoms with van der Waals surface area (Å²) >= 11 is 0. The van der Waals surface area contributed by atoms with Crippen LogP contribution in [0.25, 0.3) is 11.5 Å². The lowest BCUT2D eigenvalue weighted by atomic mass is 9.99.